The molecule has 5 nitrogen and oxygen atoms in total. The van der Waals surface area contributed by atoms with Crippen LogP contribution in [0.15, 0.2) is 18.2 Å². The Morgan fingerprint density at radius 1 is 1.32 bits per heavy atom. The second kappa shape index (κ2) is 6.33. The summed E-state index contributed by atoms with van der Waals surface area (Å²) in [6.07, 6.45) is 0.611. The number of nitrogens with one attached hydrogen (secondary N) is 1. The molecule has 0 radical (unpaired) electrons. The molecule has 0 aliphatic carbocycles. The highest BCUT2D eigenvalue weighted by Crippen LogP contribution is 2.17. The van der Waals surface area contributed by atoms with Crippen molar-refractivity contribution in [2.75, 3.05) is 5.32 Å². The topological polar surface area (TPSA) is 98.2 Å². The van der Waals surface area contributed by atoms with Crippen molar-refractivity contribution in [2.24, 2.45) is 17.4 Å². The van der Waals surface area contributed by atoms with Crippen LogP contribution >= 0.6 is 0 Å². The molecule has 0 spiro atoms. The third kappa shape index (κ3) is 4.37. The van der Waals surface area contributed by atoms with Gasteiger partial charge in [-0.15, -0.1) is 0 Å². The molecule has 0 aromatic heterocycles. The molecular weight excluding hydrogens is 242 g/mol. The van der Waals surface area contributed by atoms with Crippen LogP contribution in [0.5, 0.6) is 0 Å². The molecule has 1 aromatic rings. The van der Waals surface area contributed by atoms with Gasteiger partial charge in [0, 0.05) is 11.3 Å². The zero-order valence-corrected chi connectivity index (χ0v) is 11.6. The number of carbonyl (C=O) groups is 2. The number of carbonyl (C=O) groups excluding carboxylic acids is 2. The Hall–Kier alpha value is -1.88. The van der Waals surface area contributed by atoms with Gasteiger partial charge < -0.3 is 16.8 Å². The van der Waals surface area contributed by atoms with Gasteiger partial charge in [0.05, 0.1) is 6.04 Å². The molecule has 0 saturated carbocycles. The molecule has 0 unspecified atom stereocenters. The van der Waals surface area contributed by atoms with Gasteiger partial charge in [0.25, 0.3) is 0 Å². The minimum atomic E-state index is -0.559. The van der Waals surface area contributed by atoms with Crippen LogP contribution in [0.4, 0.5) is 5.69 Å². The van der Waals surface area contributed by atoms with Crippen molar-refractivity contribution in [3.63, 3.8) is 0 Å². The first kappa shape index (κ1) is 15.2. The molecule has 2 amide bonds. The molecule has 0 aliphatic rings. The molecule has 0 saturated heterocycles. The Kier molecular flexibility index (Phi) is 5.06. The van der Waals surface area contributed by atoms with Crippen LogP contribution in [0.25, 0.3) is 0 Å². The van der Waals surface area contributed by atoms with Gasteiger partial charge >= 0.3 is 0 Å². The zero-order valence-electron chi connectivity index (χ0n) is 11.6. The average molecular weight is 263 g/mol. The zero-order chi connectivity index (χ0) is 14.6. The fraction of sp³-hybridized carbons (Fsp3) is 0.429. The molecule has 5 N–H and O–H groups in total. The average Bonchev–Trinajstić information content (AvgIpc) is 2.30. The van der Waals surface area contributed by atoms with Crippen molar-refractivity contribution < 1.29 is 9.59 Å². The normalized spacial score (nSPS) is 12.3. The van der Waals surface area contributed by atoms with E-state index in [1.165, 1.54) is 0 Å². The lowest BCUT2D eigenvalue weighted by Crippen LogP contribution is -2.36. The Morgan fingerprint density at radius 2 is 1.95 bits per heavy atom. The monoisotopic (exact) mass is 263 g/mol. The lowest BCUT2D eigenvalue weighted by Gasteiger charge is -2.15. The van der Waals surface area contributed by atoms with Crippen LogP contribution in [0.1, 0.15) is 36.2 Å². The fourth-order valence-corrected chi connectivity index (χ4v) is 1.75. The summed E-state index contributed by atoms with van der Waals surface area (Å²) in [6, 6.07) is 4.37. The summed E-state index contributed by atoms with van der Waals surface area (Å²) in [7, 11) is 0. The lowest BCUT2D eigenvalue weighted by atomic mass is 10.0. The lowest BCUT2D eigenvalue weighted by molar-refractivity contribution is -0.117. The predicted molar refractivity (Wildman–Crippen MR) is 75.8 cm³/mol. The van der Waals surface area contributed by atoms with Crippen LogP contribution in [-0.4, -0.2) is 17.9 Å². The summed E-state index contributed by atoms with van der Waals surface area (Å²) in [5.41, 5.74) is 12.8. The van der Waals surface area contributed by atoms with Gasteiger partial charge in [-0.25, -0.2) is 0 Å². The van der Waals surface area contributed by atoms with Gasteiger partial charge in [-0.2, -0.15) is 0 Å². The minimum Gasteiger partial charge on any atom is -0.366 e. The number of rotatable bonds is 5. The van der Waals surface area contributed by atoms with Gasteiger partial charge in [-0.05, 0) is 37.0 Å². The third-order valence-corrected chi connectivity index (χ3v) is 2.84. The van der Waals surface area contributed by atoms with Gasteiger partial charge in [-0.3, -0.25) is 9.59 Å². The largest absolute Gasteiger partial charge is 0.366 e. The SMILES string of the molecule is Cc1ccc(C(N)=O)cc1NC(=O)[C@@H](N)CC(C)C. The number of anilines is 1. The van der Waals surface area contributed by atoms with Gasteiger partial charge in [0.1, 0.15) is 0 Å². The maximum Gasteiger partial charge on any atom is 0.248 e. The first-order valence-corrected chi connectivity index (χ1v) is 6.28. The molecule has 1 rings (SSSR count). The van der Waals surface area contributed by atoms with Crippen molar-refractivity contribution >= 4 is 17.5 Å². The highest BCUT2D eigenvalue weighted by Gasteiger charge is 2.16. The number of aryl methyl sites for hydroxylation is 1. The summed E-state index contributed by atoms with van der Waals surface area (Å²) >= 11 is 0. The number of amides is 2. The predicted octanol–water partition coefficient (Wildman–Crippen LogP) is 1.41. The van der Waals surface area contributed by atoms with Crippen LogP contribution in [0.2, 0.25) is 0 Å². The van der Waals surface area contributed by atoms with E-state index in [2.05, 4.69) is 5.32 Å². The molecule has 0 heterocycles. The summed E-state index contributed by atoms with van der Waals surface area (Å²) in [5, 5.41) is 2.74. The molecule has 1 atom stereocenters. The van der Waals surface area contributed by atoms with Crippen LogP contribution in [0, 0.1) is 12.8 Å². The smallest absolute Gasteiger partial charge is 0.248 e. The number of hydrogen-bond acceptors (Lipinski definition) is 3. The highest BCUT2D eigenvalue weighted by molar-refractivity contribution is 5.98. The molecule has 0 aliphatic heterocycles. The standard InChI is InChI=1S/C14H21N3O2/c1-8(2)6-11(15)14(19)17-12-7-10(13(16)18)5-4-9(12)3/h4-5,7-8,11H,6,15H2,1-3H3,(H2,16,18)(H,17,19)/t11-/m0/s1. The number of hydrogen-bond donors (Lipinski definition) is 3. The maximum atomic E-state index is 11.9. The summed E-state index contributed by atoms with van der Waals surface area (Å²) in [5.74, 6) is -0.431. The highest BCUT2D eigenvalue weighted by atomic mass is 16.2. The second-order valence-electron chi connectivity index (χ2n) is 5.12. The van der Waals surface area contributed by atoms with Gasteiger partial charge in [-0.1, -0.05) is 19.9 Å². The van der Waals surface area contributed by atoms with Crippen molar-refractivity contribution in [3.05, 3.63) is 29.3 Å². The molecular formula is C14H21N3O2. The van der Waals surface area contributed by atoms with E-state index in [1.54, 1.807) is 18.2 Å². The molecule has 104 valence electrons. The number of nitrogens with two attached hydrogens (primary N) is 2. The minimum absolute atomic E-state index is 0.251. The Morgan fingerprint density at radius 3 is 2.47 bits per heavy atom. The van der Waals surface area contributed by atoms with Gasteiger partial charge in [0.15, 0.2) is 0 Å². The molecule has 1 aromatic carbocycles. The van der Waals surface area contributed by atoms with Gasteiger partial charge in [0.2, 0.25) is 11.8 Å². The van der Waals surface area contributed by atoms with E-state index in [-0.39, 0.29) is 5.91 Å². The van der Waals surface area contributed by atoms with Crippen LogP contribution in [0.3, 0.4) is 0 Å². The van der Waals surface area contributed by atoms with Crippen LogP contribution < -0.4 is 16.8 Å². The van der Waals surface area contributed by atoms with E-state index in [4.69, 9.17) is 11.5 Å². The van der Waals surface area contributed by atoms with E-state index in [0.29, 0.717) is 23.6 Å². The summed E-state index contributed by atoms with van der Waals surface area (Å²) < 4.78 is 0. The summed E-state index contributed by atoms with van der Waals surface area (Å²) in [4.78, 5) is 23.0. The van der Waals surface area contributed by atoms with E-state index >= 15 is 0 Å². The van der Waals surface area contributed by atoms with E-state index < -0.39 is 11.9 Å². The van der Waals surface area contributed by atoms with E-state index in [9.17, 15) is 9.59 Å². The molecule has 0 fully saturated rings. The van der Waals surface area contributed by atoms with Crippen molar-refractivity contribution in [3.8, 4) is 0 Å². The summed E-state index contributed by atoms with van der Waals surface area (Å²) in [6.45, 7) is 5.85. The van der Waals surface area contributed by atoms with Crippen molar-refractivity contribution in [1.82, 2.24) is 0 Å². The third-order valence-electron chi connectivity index (χ3n) is 2.84. The Labute approximate surface area is 113 Å². The van der Waals surface area contributed by atoms with E-state index in [1.807, 2.05) is 20.8 Å². The van der Waals surface area contributed by atoms with Crippen molar-refractivity contribution in [2.45, 2.75) is 33.2 Å². The second-order valence-corrected chi connectivity index (χ2v) is 5.12. The molecule has 19 heavy (non-hydrogen) atoms. The first-order valence-electron chi connectivity index (χ1n) is 6.28. The fourth-order valence-electron chi connectivity index (χ4n) is 1.75. The van der Waals surface area contributed by atoms with Crippen LogP contribution in [-0.2, 0) is 4.79 Å². The molecule has 0 bridgehead atoms. The Balaban J connectivity index is 2.84. The van der Waals surface area contributed by atoms with Crippen molar-refractivity contribution in [1.29, 1.82) is 0 Å². The first-order chi connectivity index (χ1) is 8.81. The number of primary amides is 1. The number of benzene rings is 1. The maximum absolute atomic E-state index is 11.9. The molecule has 5 heteroatoms. The Bertz CT molecular complexity index is 484. The quantitative estimate of drug-likeness (QED) is 0.749. The van der Waals surface area contributed by atoms with E-state index in [0.717, 1.165) is 5.56 Å².